The van der Waals surface area contributed by atoms with Gasteiger partial charge in [0.1, 0.15) is 10.7 Å². The molecule has 6 nitrogen and oxygen atoms in total. The predicted molar refractivity (Wildman–Crippen MR) is 98.9 cm³/mol. The second-order valence-electron chi connectivity index (χ2n) is 5.84. The number of nitrogens with zero attached hydrogens (tertiary/aromatic N) is 1. The Morgan fingerprint density at radius 3 is 2.56 bits per heavy atom. The maximum atomic E-state index is 12.1. The van der Waals surface area contributed by atoms with Crippen molar-refractivity contribution >= 4 is 23.2 Å². The van der Waals surface area contributed by atoms with Crippen molar-refractivity contribution < 1.29 is 14.3 Å². The Balaban J connectivity index is 1.91. The standard InChI is InChI=1S/C18H23N3O3S/c1-12(2)13-4-6-14(7-5-13)18-21-15(11-25-18)17(23)20-10-16(22)19-8-9-24-3/h4-7,11-12H,8-10H2,1-3H3,(H,19,22)(H,20,23). The molecule has 7 heteroatoms. The molecule has 0 radical (unpaired) electrons. The van der Waals surface area contributed by atoms with E-state index in [1.165, 1.54) is 16.9 Å². The molecular weight excluding hydrogens is 338 g/mol. The van der Waals surface area contributed by atoms with Gasteiger partial charge in [0.05, 0.1) is 13.2 Å². The van der Waals surface area contributed by atoms with E-state index in [4.69, 9.17) is 4.74 Å². The van der Waals surface area contributed by atoms with Gasteiger partial charge < -0.3 is 15.4 Å². The summed E-state index contributed by atoms with van der Waals surface area (Å²) in [5, 5.41) is 7.69. The highest BCUT2D eigenvalue weighted by Gasteiger charge is 2.13. The van der Waals surface area contributed by atoms with E-state index in [0.717, 1.165) is 10.6 Å². The first-order valence-electron chi connectivity index (χ1n) is 8.11. The van der Waals surface area contributed by atoms with Crippen molar-refractivity contribution in [2.45, 2.75) is 19.8 Å². The maximum Gasteiger partial charge on any atom is 0.271 e. The average molecular weight is 361 g/mol. The van der Waals surface area contributed by atoms with E-state index >= 15 is 0 Å². The highest BCUT2D eigenvalue weighted by molar-refractivity contribution is 7.13. The summed E-state index contributed by atoms with van der Waals surface area (Å²) in [6, 6.07) is 8.18. The van der Waals surface area contributed by atoms with Gasteiger partial charge in [-0.3, -0.25) is 9.59 Å². The number of carbonyl (C=O) groups is 2. The van der Waals surface area contributed by atoms with Crippen LogP contribution in [0.4, 0.5) is 0 Å². The number of nitrogens with one attached hydrogen (secondary N) is 2. The van der Waals surface area contributed by atoms with Gasteiger partial charge in [0.2, 0.25) is 5.91 Å². The van der Waals surface area contributed by atoms with Gasteiger partial charge in [-0.25, -0.2) is 4.98 Å². The largest absolute Gasteiger partial charge is 0.383 e. The van der Waals surface area contributed by atoms with Crippen molar-refractivity contribution in [2.24, 2.45) is 0 Å². The fourth-order valence-electron chi connectivity index (χ4n) is 2.13. The highest BCUT2D eigenvalue weighted by Crippen LogP contribution is 2.25. The van der Waals surface area contributed by atoms with Gasteiger partial charge in [0, 0.05) is 24.6 Å². The topological polar surface area (TPSA) is 80.3 Å². The number of benzene rings is 1. The molecule has 0 saturated heterocycles. The average Bonchev–Trinajstić information content (AvgIpc) is 3.10. The van der Waals surface area contributed by atoms with Crippen LogP contribution in [0.15, 0.2) is 29.6 Å². The first-order valence-corrected chi connectivity index (χ1v) is 8.99. The molecule has 0 unspecified atom stereocenters. The number of hydrogen-bond acceptors (Lipinski definition) is 5. The summed E-state index contributed by atoms with van der Waals surface area (Å²) < 4.78 is 4.84. The van der Waals surface area contributed by atoms with Crippen molar-refractivity contribution in [1.29, 1.82) is 0 Å². The van der Waals surface area contributed by atoms with Crippen LogP contribution in [0.5, 0.6) is 0 Å². The lowest BCUT2D eigenvalue weighted by Gasteiger charge is -2.05. The fraction of sp³-hybridized carbons (Fsp3) is 0.389. The fourth-order valence-corrected chi connectivity index (χ4v) is 2.93. The van der Waals surface area contributed by atoms with Crippen LogP contribution < -0.4 is 10.6 Å². The first-order chi connectivity index (χ1) is 12.0. The minimum Gasteiger partial charge on any atom is -0.383 e. The zero-order valence-electron chi connectivity index (χ0n) is 14.7. The van der Waals surface area contributed by atoms with E-state index in [9.17, 15) is 9.59 Å². The number of aromatic nitrogens is 1. The second kappa shape index (κ2) is 9.29. The molecule has 0 spiro atoms. The minimum atomic E-state index is -0.358. The molecule has 0 aliphatic rings. The number of thiazole rings is 1. The number of carbonyl (C=O) groups excluding carboxylic acids is 2. The van der Waals surface area contributed by atoms with Gasteiger partial charge in [0.25, 0.3) is 5.91 Å². The van der Waals surface area contributed by atoms with Crippen LogP contribution in [0.3, 0.4) is 0 Å². The summed E-state index contributed by atoms with van der Waals surface area (Å²) in [6.07, 6.45) is 0. The van der Waals surface area contributed by atoms with Gasteiger partial charge in [-0.15, -0.1) is 11.3 Å². The third kappa shape index (κ3) is 5.65. The van der Waals surface area contributed by atoms with Crippen LogP contribution in [0.25, 0.3) is 10.6 Å². The summed E-state index contributed by atoms with van der Waals surface area (Å²) in [5.41, 5.74) is 2.56. The summed E-state index contributed by atoms with van der Waals surface area (Å²) in [4.78, 5) is 28.0. The lowest BCUT2D eigenvalue weighted by molar-refractivity contribution is -0.120. The number of amides is 2. The van der Waals surface area contributed by atoms with E-state index in [1.54, 1.807) is 12.5 Å². The molecule has 134 valence electrons. The molecule has 0 saturated carbocycles. The number of methoxy groups -OCH3 is 1. The van der Waals surface area contributed by atoms with Crippen molar-refractivity contribution in [2.75, 3.05) is 26.8 Å². The third-order valence-corrected chi connectivity index (χ3v) is 4.49. The lowest BCUT2D eigenvalue weighted by atomic mass is 10.0. The van der Waals surface area contributed by atoms with Crippen LogP contribution in [0.2, 0.25) is 0 Å². The van der Waals surface area contributed by atoms with Gasteiger partial charge in [-0.05, 0) is 11.5 Å². The zero-order valence-corrected chi connectivity index (χ0v) is 15.5. The van der Waals surface area contributed by atoms with Crippen molar-refractivity contribution in [1.82, 2.24) is 15.6 Å². The van der Waals surface area contributed by atoms with E-state index in [0.29, 0.717) is 24.8 Å². The summed E-state index contributed by atoms with van der Waals surface area (Å²) >= 11 is 1.41. The predicted octanol–water partition coefficient (Wildman–Crippen LogP) is 2.43. The van der Waals surface area contributed by atoms with Crippen LogP contribution >= 0.6 is 11.3 Å². The quantitative estimate of drug-likeness (QED) is 0.708. The molecule has 2 aromatic rings. The van der Waals surface area contributed by atoms with Gasteiger partial charge in [-0.1, -0.05) is 38.1 Å². The molecule has 2 N–H and O–H groups in total. The minimum absolute atomic E-state index is 0.0848. The summed E-state index contributed by atoms with van der Waals surface area (Å²) in [5.74, 6) is -0.143. The second-order valence-corrected chi connectivity index (χ2v) is 6.70. The Kier molecular flexibility index (Phi) is 7.09. The Labute approximate surface area is 151 Å². The van der Waals surface area contributed by atoms with Gasteiger partial charge in [0.15, 0.2) is 0 Å². The number of ether oxygens (including phenoxy) is 1. The van der Waals surface area contributed by atoms with Gasteiger partial charge in [-0.2, -0.15) is 0 Å². The molecular formula is C18H23N3O3S. The first kappa shape index (κ1) is 19.1. The van der Waals surface area contributed by atoms with Crippen molar-refractivity contribution in [3.05, 3.63) is 40.9 Å². The van der Waals surface area contributed by atoms with Crippen molar-refractivity contribution in [3.8, 4) is 10.6 Å². The molecule has 1 aromatic heterocycles. The van der Waals surface area contributed by atoms with Gasteiger partial charge >= 0.3 is 0 Å². The van der Waals surface area contributed by atoms with E-state index in [2.05, 4.69) is 41.6 Å². The van der Waals surface area contributed by atoms with Crippen LogP contribution in [-0.2, 0) is 9.53 Å². The molecule has 2 amide bonds. The highest BCUT2D eigenvalue weighted by atomic mass is 32.1. The van der Waals surface area contributed by atoms with Crippen LogP contribution in [0, 0.1) is 0 Å². The normalized spacial score (nSPS) is 10.7. The Hall–Kier alpha value is -2.25. The monoisotopic (exact) mass is 361 g/mol. The molecule has 2 rings (SSSR count). The number of hydrogen-bond donors (Lipinski definition) is 2. The Morgan fingerprint density at radius 2 is 1.92 bits per heavy atom. The molecule has 0 aliphatic carbocycles. The molecule has 0 aliphatic heterocycles. The van der Waals surface area contributed by atoms with Crippen molar-refractivity contribution in [3.63, 3.8) is 0 Å². The van der Waals surface area contributed by atoms with E-state index in [-0.39, 0.29) is 18.4 Å². The van der Waals surface area contributed by atoms with Crippen LogP contribution in [-0.4, -0.2) is 43.6 Å². The smallest absolute Gasteiger partial charge is 0.271 e. The third-order valence-electron chi connectivity index (χ3n) is 3.60. The summed E-state index contributed by atoms with van der Waals surface area (Å²) in [7, 11) is 1.56. The van der Waals surface area contributed by atoms with E-state index < -0.39 is 0 Å². The Bertz CT molecular complexity index is 711. The molecule has 25 heavy (non-hydrogen) atoms. The molecule has 0 bridgehead atoms. The SMILES string of the molecule is COCCNC(=O)CNC(=O)c1csc(-c2ccc(C(C)C)cc2)n1. The molecule has 0 atom stereocenters. The van der Waals surface area contributed by atoms with E-state index in [1.807, 2.05) is 12.1 Å². The number of rotatable bonds is 8. The zero-order chi connectivity index (χ0) is 18.2. The van der Waals surface area contributed by atoms with Crippen LogP contribution in [0.1, 0.15) is 35.8 Å². The molecule has 0 fully saturated rings. The molecule has 1 heterocycles. The maximum absolute atomic E-state index is 12.1. The molecule has 1 aromatic carbocycles. The lowest BCUT2D eigenvalue weighted by Crippen LogP contribution is -2.38. The Morgan fingerprint density at radius 1 is 1.20 bits per heavy atom. The summed E-state index contributed by atoms with van der Waals surface area (Å²) in [6.45, 7) is 5.06.